The first-order valence-corrected chi connectivity index (χ1v) is 12.5. The molecule has 0 aliphatic carbocycles. The van der Waals surface area contributed by atoms with Crippen LogP contribution in [-0.2, 0) is 22.4 Å². The molecule has 0 radical (unpaired) electrons. The summed E-state index contributed by atoms with van der Waals surface area (Å²) in [7, 11) is 0. The number of anilines is 1. The number of imide groups is 1. The van der Waals surface area contributed by atoms with Crippen molar-refractivity contribution < 1.29 is 32.3 Å². The molecule has 1 heterocycles. The van der Waals surface area contributed by atoms with E-state index in [0.29, 0.717) is 22.2 Å². The Morgan fingerprint density at radius 1 is 1.00 bits per heavy atom. The second-order valence-corrected chi connectivity index (χ2v) is 9.79. The lowest BCUT2D eigenvalue weighted by atomic mass is 10.2. The average Bonchev–Trinajstić information content (AvgIpc) is 3.11. The lowest BCUT2D eigenvalue weighted by Gasteiger charge is -2.13. The number of nitrogens with zero attached hydrogens (tertiary/aromatic N) is 1. The summed E-state index contributed by atoms with van der Waals surface area (Å²) in [6.07, 6.45) is -3.19. The molecule has 0 bridgehead atoms. The van der Waals surface area contributed by atoms with Crippen LogP contribution in [0.3, 0.4) is 0 Å². The predicted molar refractivity (Wildman–Crippen MR) is 140 cm³/mol. The molecule has 196 valence electrons. The molecule has 1 saturated heterocycles. The smallest absolute Gasteiger partial charge is 0.416 e. The third-order valence-electron chi connectivity index (χ3n) is 5.19. The van der Waals surface area contributed by atoms with E-state index in [4.69, 9.17) is 27.9 Å². The Morgan fingerprint density at radius 2 is 1.68 bits per heavy atom. The molecule has 4 rings (SSSR count). The van der Waals surface area contributed by atoms with Gasteiger partial charge in [-0.3, -0.25) is 19.3 Å². The Kier molecular flexibility index (Phi) is 8.35. The molecule has 1 aliphatic rings. The van der Waals surface area contributed by atoms with Crippen molar-refractivity contribution in [2.45, 2.75) is 12.8 Å². The average molecular weight is 581 g/mol. The molecule has 3 amide bonds. The van der Waals surface area contributed by atoms with Crippen LogP contribution in [0.25, 0.3) is 6.08 Å². The topological polar surface area (TPSA) is 75.7 Å². The van der Waals surface area contributed by atoms with Crippen LogP contribution in [0.4, 0.5) is 23.7 Å². The summed E-state index contributed by atoms with van der Waals surface area (Å²) in [5, 5.41) is 1.95. The molecule has 0 saturated carbocycles. The number of hydrogen-bond donors (Lipinski definition) is 1. The van der Waals surface area contributed by atoms with E-state index < -0.39 is 35.3 Å². The van der Waals surface area contributed by atoms with E-state index in [1.807, 2.05) is 30.3 Å². The fraction of sp³-hybridized carbons (Fsp3) is 0.115. The van der Waals surface area contributed by atoms with Gasteiger partial charge < -0.3 is 10.1 Å². The van der Waals surface area contributed by atoms with Gasteiger partial charge in [0.05, 0.1) is 20.5 Å². The normalized spacial score (nSPS) is 14.8. The van der Waals surface area contributed by atoms with Crippen molar-refractivity contribution in [3.63, 3.8) is 0 Å². The van der Waals surface area contributed by atoms with Gasteiger partial charge in [0.25, 0.3) is 11.1 Å². The Labute approximate surface area is 229 Å². The summed E-state index contributed by atoms with van der Waals surface area (Å²) in [6.45, 7) is -0.437. The van der Waals surface area contributed by atoms with Crippen molar-refractivity contribution in [1.82, 2.24) is 4.90 Å². The fourth-order valence-corrected chi connectivity index (χ4v) is 4.89. The molecule has 0 aromatic heterocycles. The molecule has 1 fully saturated rings. The molecule has 0 atom stereocenters. The Bertz CT molecular complexity index is 1410. The molecule has 1 aliphatic heterocycles. The summed E-state index contributed by atoms with van der Waals surface area (Å²) in [5.74, 6) is -1.32. The number of rotatable bonds is 7. The summed E-state index contributed by atoms with van der Waals surface area (Å²) in [5.41, 5.74) is 0.268. The van der Waals surface area contributed by atoms with E-state index in [1.165, 1.54) is 24.3 Å². The second kappa shape index (κ2) is 11.5. The third kappa shape index (κ3) is 6.69. The number of benzene rings is 3. The Morgan fingerprint density at radius 3 is 2.34 bits per heavy atom. The number of halogens is 5. The number of carbonyl (C=O) groups excluding carboxylic acids is 3. The first-order valence-electron chi connectivity index (χ1n) is 10.9. The lowest BCUT2D eigenvalue weighted by Crippen LogP contribution is -2.36. The van der Waals surface area contributed by atoms with Crippen molar-refractivity contribution in [3.05, 3.63) is 98.4 Å². The maximum absolute atomic E-state index is 12.9. The van der Waals surface area contributed by atoms with Crippen LogP contribution in [0.15, 0.2) is 71.6 Å². The van der Waals surface area contributed by atoms with Gasteiger partial charge >= 0.3 is 6.18 Å². The van der Waals surface area contributed by atoms with E-state index in [-0.39, 0.29) is 33.0 Å². The number of thioether (sulfide) groups is 1. The van der Waals surface area contributed by atoms with Crippen LogP contribution in [0, 0.1) is 0 Å². The van der Waals surface area contributed by atoms with Crippen molar-refractivity contribution in [3.8, 4) is 5.75 Å². The highest BCUT2D eigenvalue weighted by Crippen LogP contribution is 2.38. The SMILES string of the molecule is O=C(CN1C(=O)S/C(=C\c2cc(Cl)c(OCc3ccccc3)c(Cl)c2)C1=O)Nc1cccc(C(F)(F)F)c1. The number of carbonyl (C=O) groups is 3. The molecule has 0 unspecified atom stereocenters. The standard InChI is InChI=1S/C26H17Cl2F3N2O4S/c27-19-9-16(10-20(28)23(19)37-14-15-5-2-1-3-6-15)11-21-24(35)33(25(36)38-21)13-22(34)32-18-8-4-7-17(12-18)26(29,30)31/h1-12H,13-14H2,(H,32,34)/b21-11-. The summed E-state index contributed by atoms with van der Waals surface area (Å²) in [4.78, 5) is 38.3. The van der Waals surface area contributed by atoms with Gasteiger partial charge in [0, 0.05) is 5.69 Å². The fourth-order valence-electron chi connectivity index (χ4n) is 3.44. The summed E-state index contributed by atoms with van der Waals surface area (Å²) < 4.78 is 44.4. The van der Waals surface area contributed by atoms with Crippen molar-refractivity contribution in [2.24, 2.45) is 0 Å². The number of amides is 3. The molecule has 12 heteroatoms. The quantitative estimate of drug-likeness (QED) is 0.297. The molecule has 3 aromatic rings. The highest BCUT2D eigenvalue weighted by atomic mass is 35.5. The van der Waals surface area contributed by atoms with Gasteiger partial charge in [0.2, 0.25) is 5.91 Å². The number of ether oxygens (including phenoxy) is 1. The molecular formula is C26H17Cl2F3N2O4S. The van der Waals surface area contributed by atoms with Crippen molar-refractivity contribution >= 4 is 63.8 Å². The maximum Gasteiger partial charge on any atom is 0.416 e. The summed E-state index contributed by atoms with van der Waals surface area (Å²) >= 11 is 13.3. The lowest BCUT2D eigenvalue weighted by molar-refractivity contribution is -0.137. The van der Waals surface area contributed by atoms with Gasteiger partial charge in [0.15, 0.2) is 5.75 Å². The van der Waals surface area contributed by atoms with Crippen LogP contribution in [0.5, 0.6) is 5.75 Å². The molecule has 3 aromatic carbocycles. The van der Waals surface area contributed by atoms with Gasteiger partial charge in [-0.05, 0) is 59.3 Å². The van der Waals surface area contributed by atoms with Crippen LogP contribution < -0.4 is 10.1 Å². The summed E-state index contributed by atoms with van der Waals surface area (Å²) in [6, 6.07) is 16.4. The van der Waals surface area contributed by atoms with Crippen LogP contribution >= 0.6 is 35.0 Å². The minimum atomic E-state index is -4.59. The van der Waals surface area contributed by atoms with E-state index in [1.54, 1.807) is 0 Å². The minimum absolute atomic E-state index is 0.0203. The zero-order valence-electron chi connectivity index (χ0n) is 19.2. The molecule has 38 heavy (non-hydrogen) atoms. The predicted octanol–water partition coefficient (Wildman–Crippen LogP) is 7.27. The molecule has 6 nitrogen and oxygen atoms in total. The Hall–Kier alpha value is -3.47. The number of nitrogens with one attached hydrogen (secondary N) is 1. The molecule has 1 N–H and O–H groups in total. The zero-order valence-corrected chi connectivity index (χ0v) is 21.5. The van der Waals surface area contributed by atoms with Crippen LogP contribution in [0.1, 0.15) is 16.7 Å². The minimum Gasteiger partial charge on any atom is -0.486 e. The molecular weight excluding hydrogens is 564 g/mol. The van der Waals surface area contributed by atoms with E-state index in [2.05, 4.69) is 5.32 Å². The van der Waals surface area contributed by atoms with Gasteiger partial charge in [0.1, 0.15) is 13.2 Å². The highest BCUT2D eigenvalue weighted by molar-refractivity contribution is 8.18. The highest BCUT2D eigenvalue weighted by Gasteiger charge is 2.36. The second-order valence-electron chi connectivity index (χ2n) is 7.98. The van der Waals surface area contributed by atoms with Crippen LogP contribution in [-0.4, -0.2) is 28.5 Å². The maximum atomic E-state index is 12.9. The van der Waals surface area contributed by atoms with Crippen LogP contribution in [0.2, 0.25) is 10.0 Å². The van der Waals surface area contributed by atoms with E-state index >= 15 is 0 Å². The number of hydrogen-bond acceptors (Lipinski definition) is 5. The Balaban J connectivity index is 1.43. The van der Waals surface area contributed by atoms with Gasteiger partial charge in [-0.2, -0.15) is 13.2 Å². The zero-order chi connectivity index (χ0) is 27.4. The van der Waals surface area contributed by atoms with Gasteiger partial charge in [-0.15, -0.1) is 0 Å². The van der Waals surface area contributed by atoms with Gasteiger partial charge in [-0.1, -0.05) is 59.6 Å². The monoisotopic (exact) mass is 580 g/mol. The third-order valence-corrected chi connectivity index (χ3v) is 6.66. The van der Waals surface area contributed by atoms with Crippen molar-refractivity contribution in [2.75, 3.05) is 11.9 Å². The first-order chi connectivity index (χ1) is 18.0. The van der Waals surface area contributed by atoms with E-state index in [9.17, 15) is 27.6 Å². The van der Waals surface area contributed by atoms with E-state index in [0.717, 1.165) is 23.8 Å². The largest absolute Gasteiger partial charge is 0.486 e. The molecule has 0 spiro atoms. The number of alkyl halides is 3. The first kappa shape index (κ1) is 27.6. The van der Waals surface area contributed by atoms with Crippen molar-refractivity contribution in [1.29, 1.82) is 0 Å². The van der Waals surface area contributed by atoms with Gasteiger partial charge in [-0.25, -0.2) is 0 Å².